The van der Waals surface area contributed by atoms with E-state index in [0.29, 0.717) is 5.02 Å². The first-order valence-corrected chi connectivity index (χ1v) is 5.76. The molecule has 0 heterocycles. The van der Waals surface area contributed by atoms with E-state index in [1.165, 1.54) is 12.1 Å². The Hall–Kier alpha value is -1.43. The van der Waals surface area contributed by atoms with Gasteiger partial charge >= 0.3 is 11.9 Å². The second-order valence-electron chi connectivity index (χ2n) is 2.90. The zero-order valence-corrected chi connectivity index (χ0v) is 11.7. The largest absolute Gasteiger partial charge is 0.480 e. The van der Waals surface area contributed by atoms with Gasteiger partial charge in [0.25, 0.3) is 0 Å². The highest BCUT2D eigenvalue weighted by Gasteiger charge is 2.10. The monoisotopic (exact) mass is 326 g/mol. The fourth-order valence-corrected chi connectivity index (χ4v) is 1.34. The van der Waals surface area contributed by atoms with Gasteiger partial charge in [0.15, 0.2) is 6.61 Å². The topological polar surface area (TPSA) is 83.8 Å². The highest BCUT2D eigenvalue weighted by molar-refractivity contribution is 6.48. The zero-order chi connectivity index (χ0) is 15.0. The van der Waals surface area contributed by atoms with Gasteiger partial charge < -0.3 is 14.9 Å². The van der Waals surface area contributed by atoms with Crippen LogP contribution in [0.3, 0.4) is 0 Å². The zero-order valence-electron chi connectivity index (χ0n) is 9.40. The molecule has 0 radical (unpaired) electrons. The molecule has 0 aliphatic heterocycles. The fourth-order valence-electron chi connectivity index (χ4n) is 0.759. The third-order valence-corrected chi connectivity index (χ3v) is 2.80. The molecule has 0 fully saturated rings. The van der Waals surface area contributed by atoms with Crippen molar-refractivity contribution >= 4 is 46.7 Å². The van der Waals surface area contributed by atoms with Crippen LogP contribution in [0.25, 0.3) is 0 Å². The third kappa shape index (κ3) is 6.91. The lowest BCUT2D eigenvalue weighted by atomic mass is 10.3. The fraction of sp³-hybridized carbons (Fsp3) is 0.0909. The summed E-state index contributed by atoms with van der Waals surface area (Å²) in [7, 11) is 0. The number of benzene rings is 1. The Balaban J connectivity index is 0.000000555. The van der Waals surface area contributed by atoms with E-state index in [1.807, 2.05) is 0 Å². The molecular formula is C11H9Cl3O5. The summed E-state index contributed by atoms with van der Waals surface area (Å²) in [6.07, 6.45) is 0.833. The first kappa shape index (κ1) is 17.6. The molecule has 2 N–H and O–H groups in total. The molecule has 0 aliphatic carbocycles. The molecular weight excluding hydrogens is 318 g/mol. The van der Waals surface area contributed by atoms with E-state index >= 15 is 0 Å². The van der Waals surface area contributed by atoms with Crippen LogP contribution < -0.4 is 4.74 Å². The van der Waals surface area contributed by atoms with E-state index in [0.717, 1.165) is 6.08 Å². The molecule has 0 unspecified atom stereocenters. The van der Waals surface area contributed by atoms with Gasteiger partial charge in [-0.1, -0.05) is 41.4 Å². The molecule has 104 valence electrons. The Morgan fingerprint density at radius 3 is 2.16 bits per heavy atom. The summed E-state index contributed by atoms with van der Waals surface area (Å²) in [6, 6.07) is 2.94. The molecule has 1 aromatic rings. The minimum atomic E-state index is -1.09. The molecule has 1 rings (SSSR count). The number of ether oxygens (including phenoxy) is 1. The minimum Gasteiger partial charge on any atom is -0.480 e. The van der Waals surface area contributed by atoms with Crippen molar-refractivity contribution in [1.29, 1.82) is 0 Å². The highest BCUT2D eigenvalue weighted by atomic mass is 35.5. The molecule has 1 aromatic carbocycles. The molecule has 0 spiro atoms. The van der Waals surface area contributed by atoms with Crippen molar-refractivity contribution < 1.29 is 24.5 Å². The summed E-state index contributed by atoms with van der Waals surface area (Å²) < 4.78 is 4.86. The maximum atomic E-state index is 10.2. The van der Waals surface area contributed by atoms with Gasteiger partial charge in [-0.25, -0.2) is 9.59 Å². The molecule has 5 nitrogen and oxygen atoms in total. The Bertz CT molecular complexity index is 487. The Labute approximate surface area is 124 Å². The highest BCUT2D eigenvalue weighted by Crippen LogP contribution is 2.36. The van der Waals surface area contributed by atoms with Crippen molar-refractivity contribution in [2.45, 2.75) is 0 Å². The Morgan fingerprint density at radius 2 is 1.74 bits per heavy atom. The lowest BCUT2D eigenvalue weighted by Gasteiger charge is -2.07. The van der Waals surface area contributed by atoms with Crippen molar-refractivity contribution in [2.24, 2.45) is 0 Å². The van der Waals surface area contributed by atoms with E-state index < -0.39 is 18.5 Å². The van der Waals surface area contributed by atoms with Crippen molar-refractivity contribution in [3.8, 4) is 5.75 Å². The second kappa shape index (κ2) is 8.63. The number of hydrogen-bond donors (Lipinski definition) is 2. The Morgan fingerprint density at radius 1 is 1.21 bits per heavy atom. The maximum Gasteiger partial charge on any atom is 0.341 e. The van der Waals surface area contributed by atoms with Crippen LogP contribution in [-0.2, 0) is 9.59 Å². The van der Waals surface area contributed by atoms with Crippen molar-refractivity contribution in [2.75, 3.05) is 6.61 Å². The molecule has 19 heavy (non-hydrogen) atoms. The molecule has 0 amide bonds. The first-order chi connectivity index (χ1) is 8.79. The third-order valence-electron chi connectivity index (χ3n) is 1.53. The second-order valence-corrected chi connectivity index (χ2v) is 4.06. The molecule has 0 saturated heterocycles. The molecule has 0 aliphatic rings. The predicted molar refractivity (Wildman–Crippen MR) is 72.4 cm³/mol. The van der Waals surface area contributed by atoms with Crippen LogP contribution in [-0.4, -0.2) is 28.8 Å². The van der Waals surface area contributed by atoms with Crippen molar-refractivity contribution in [3.63, 3.8) is 0 Å². The number of carboxylic acids is 2. The Kier molecular flexibility index (Phi) is 7.98. The van der Waals surface area contributed by atoms with Crippen molar-refractivity contribution in [3.05, 3.63) is 39.9 Å². The van der Waals surface area contributed by atoms with Gasteiger partial charge in [0.05, 0.1) is 10.0 Å². The molecule has 0 bridgehead atoms. The van der Waals surface area contributed by atoms with Crippen LogP contribution >= 0.6 is 34.8 Å². The number of rotatable bonds is 4. The summed E-state index contributed by atoms with van der Waals surface area (Å²) >= 11 is 17.1. The lowest BCUT2D eigenvalue weighted by molar-refractivity contribution is -0.139. The molecule has 0 aromatic heterocycles. The molecule has 8 heteroatoms. The van der Waals surface area contributed by atoms with Gasteiger partial charge in [-0.2, -0.15) is 0 Å². The molecule has 0 saturated carbocycles. The number of aliphatic carboxylic acids is 2. The summed E-state index contributed by atoms with van der Waals surface area (Å²) in [5.74, 6) is -1.87. The lowest BCUT2D eigenvalue weighted by Crippen LogP contribution is -2.09. The van der Waals surface area contributed by atoms with Gasteiger partial charge in [0.2, 0.25) is 0 Å². The number of halogens is 3. The summed E-state index contributed by atoms with van der Waals surface area (Å²) in [5, 5.41) is 16.5. The SMILES string of the molecule is C=CC(=O)O.O=C(O)COc1ccc(Cl)c(Cl)c1Cl. The van der Waals surface area contributed by atoms with Gasteiger partial charge in [0, 0.05) is 6.08 Å². The number of carbonyl (C=O) groups is 2. The predicted octanol–water partition coefficient (Wildman–Crippen LogP) is 3.37. The van der Waals surface area contributed by atoms with Crippen LogP contribution in [0.1, 0.15) is 0 Å². The van der Waals surface area contributed by atoms with E-state index in [-0.39, 0.29) is 15.8 Å². The average molecular weight is 328 g/mol. The summed E-state index contributed by atoms with van der Waals surface area (Å²) in [5.41, 5.74) is 0. The van der Waals surface area contributed by atoms with Crippen LogP contribution in [0.2, 0.25) is 15.1 Å². The average Bonchev–Trinajstić information content (AvgIpc) is 2.35. The standard InChI is InChI=1S/C8H5Cl3O3.C3H4O2/c9-4-1-2-5(8(11)7(4)10)14-3-6(12)13;1-2-3(4)5/h1-2H,3H2,(H,12,13);2H,1H2,(H,4,5). The first-order valence-electron chi connectivity index (χ1n) is 4.63. The summed E-state index contributed by atoms with van der Waals surface area (Å²) in [6.45, 7) is 2.49. The van der Waals surface area contributed by atoms with E-state index in [4.69, 9.17) is 49.8 Å². The van der Waals surface area contributed by atoms with Gasteiger partial charge in [-0.15, -0.1) is 0 Å². The molecule has 0 atom stereocenters. The maximum absolute atomic E-state index is 10.2. The minimum absolute atomic E-state index is 0.111. The quantitative estimate of drug-likeness (QED) is 0.654. The van der Waals surface area contributed by atoms with E-state index in [2.05, 4.69) is 6.58 Å². The number of hydrogen-bond acceptors (Lipinski definition) is 3. The smallest absolute Gasteiger partial charge is 0.341 e. The van der Waals surface area contributed by atoms with E-state index in [9.17, 15) is 9.59 Å². The number of carboxylic acid groups (broad SMARTS) is 2. The normalized spacial score (nSPS) is 9.00. The van der Waals surface area contributed by atoms with Crippen LogP contribution in [0.5, 0.6) is 5.75 Å². The van der Waals surface area contributed by atoms with Crippen LogP contribution in [0.4, 0.5) is 0 Å². The van der Waals surface area contributed by atoms with Crippen LogP contribution in [0, 0.1) is 0 Å². The van der Waals surface area contributed by atoms with Gasteiger partial charge in [0.1, 0.15) is 10.8 Å². The van der Waals surface area contributed by atoms with E-state index in [1.54, 1.807) is 0 Å². The van der Waals surface area contributed by atoms with Gasteiger partial charge in [-0.3, -0.25) is 0 Å². The van der Waals surface area contributed by atoms with Crippen molar-refractivity contribution in [1.82, 2.24) is 0 Å². The van der Waals surface area contributed by atoms with Gasteiger partial charge in [-0.05, 0) is 12.1 Å². The van der Waals surface area contributed by atoms with Crippen LogP contribution in [0.15, 0.2) is 24.8 Å². The summed E-state index contributed by atoms with van der Waals surface area (Å²) in [4.78, 5) is 19.5.